The fourth-order valence-corrected chi connectivity index (χ4v) is 5.72. The van der Waals surface area contributed by atoms with E-state index in [1.165, 1.54) is 19.3 Å². The van der Waals surface area contributed by atoms with Gasteiger partial charge in [0.15, 0.2) is 0 Å². The average Bonchev–Trinajstić information content (AvgIpc) is 2.88. The van der Waals surface area contributed by atoms with Gasteiger partial charge in [-0.3, -0.25) is 5.10 Å². The van der Waals surface area contributed by atoms with Crippen molar-refractivity contribution < 1.29 is 8.42 Å². The van der Waals surface area contributed by atoms with Crippen molar-refractivity contribution in [2.45, 2.75) is 50.5 Å². The first kappa shape index (κ1) is 15.0. The lowest BCUT2D eigenvalue weighted by Crippen LogP contribution is -2.45. The second kappa shape index (κ2) is 5.70. The third-order valence-corrected chi connectivity index (χ3v) is 7.08. The molecule has 1 aromatic heterocycles. The molecule has 1 aliphatic carbocycles. The second-order valence-electron chi connectivity index (χ2n) is 6.28. The Morgan fingerprint density at radius 3 is 2.71 bits per heavy atom. The first-order valence-electron chi connectivity index (χ1n) is 7.78. The van der Waals surface area contributed by atoms with Crippen LogP contribution in [0.2, 0.25) is 0 Å². The molecular weight excluding hydrogens is 288 g/mol. The Balaban J connectivity index is 1.87. The third kappa shape index (κ3) is 2.62. The number of nitrogens with zero attached hydrogens (tertiary/aromatic N) is 2. The summed E-state index contributed by atoms with van der Waals surface area (Å²) in [5.74, 6) is 1.24. The molecule has 1 aromatic rings. The molecule has 1 saturated heterocycles. The monoisotopic (exact) mass is 312 g/mol. The molecule has 1 aliphatic heterocycles. The molecule has 3 N–H and O–H groups in total. The van der Waals surface area contributed by atoms with Gasteiger partial charge in [-0.25, -0.2) is 8.42 Å². The predicted octanol–water partition coefficient (Wildman–Crippen LogP) is 1.38. The van der Waals surface area contributed by atoms with Crippen LogP contribution in [0.15, 0.2) is 4.90 Å². The van der Waals surface area contributed by atoms with Crippen LogP contribution >= 0.6 is 0 Å². The fourth-order valence-electron chi connectivity index (χ4n) is 3.86. The van der Waals surface area contributed by atoms with Gasteiger partial charge in [0.25, 0.3) is 0 Å². The molecule has 0 amide bonds. The van der Waals surface area contributed by atoms with Gasteiger partial charge in [0.05, 0.1) is 11.4 Å². The van der Waals surface area contributed by atoms with Gasteiger partial charge in [-0.15, -0.1) is 0 Å². The van der Waals surface area contributed by atoms with Crippen LogP contribution in [0.5, 0.6) is 0 Å². The Morgan fingerprint density at radius 1 is 1.29 bits per heavy atom. The molecule has 3 rings (SSSR count). The highest BCUT2D eigenvalue weighted by atomic mass is 32.2. The number of H-pyrrole nitrogens is 1. The smallest absolute Gasteiger partial charge is 0.246 e. The van der Waals surface area contributed by atoms with E-state index >= 15 is 0 Å². The van der Waals surface area contributed by atoms with Gasteiger partial charge in [0, 0.05) is 19.6 Å². The van der Waals surface area contributed by atoms with Crippen LogP contribution in [0.25, 0.3) is 0 Å². The number of nitrogens with one attached hydrogen (secondary N) is 1. The summed E-state index contributed by atoms with van der Waals surface area (Å²) in [4.78, 5) is 0.291. The SMILES string of the molecule is Cc1[nH]nc(CN)c1S(=O)(=O)N1CCC2CCCCC2C1. The first-order chi connectivity index (χ1) is 10.0. The zero-order valence-corrected chi connectivity index (χ0v) is 13.3. The maximum Gasteiger partial charge on any atom is 0.246 e. The van der Waals surface area contributed by atoms with Crippen molar-refractivity contribution >= 4 is 10.0 Å². The molecule has 2 aliphatic rings. The third-order valence-electron chi connectivity index (χ3n) is 5.01. The number of sulfonamides is 1. The Morgan fingerprint density at radius 2 is 2.00 bits per heavy atom. The molecule has 0 bridgehead atoms. The summed E-state index contributed by atoms with van der Waals surface area (Å²) in [5.41, 5.74) is 6.66. The lowest BCUT2D eigenvalue weighted by Gasteiger charge is -2.40. The highest BCUT2D eigenvalue weighted by Gasteiger charge is 2.38. The van der Waals surface area contributed by atoms with Gasteiger partial charge in [0.1, 0.15) is 4.90 Å². The topological polar surface area (TPSA) is 92.1 Å². The van der Waals surface area contributed by atoms with Crippen molar-refractivity contribution in [1.82, 2.24) is 14.5 Å². The summed E-state index contributed by atoms with van der Waals surface area (Å²) in [6.45, 7) is 3.16. The minimum Gasteiger partial charge on any atom is -0.325 e. The quantitative estimate of drug-likeness (QED) is 0.882. The van der Waals surface area contributed by atoms with Crippen LogP contribution < -0.4 is 5.73 Å². The Labute approximate surface area is 126 Å². The van der Waals surface area contributed by atoms with Crippen molar-refractivity contribution in [3.63, 3.8) is 0 Å². The van der Waals surface area contributed by atoms with Crippen molar-refractivity contribution in [2.75, 3.05) is 13.1 Å². The largest absolute Gasteiger partial charge is 0.325 e. The van der Waals surface area contributed by atoms with E-state index in [0.717, 1.165) is 12.8 Å². The number of aromatic nitrogens is 2. The zero-order valence-electron chi connectivity index (χ0n) is 12.5. The molecule has 0 spiro atoms. The van der Waals surface area contributed by atoms with Crippen molar-refractivity contribution in [1.29, 1.82) is 0 Å². The normalized spacial score (nSPS) is 27.5. The minimum absolute atomic E-state index is 0.138. The molecule has 2 atom stereocenters. The van der Waals surface area contributed by atoms with E-state index in [2.05, 4.69) is 10.2 Å². The average molecular weight is 312 g/mol. The summed E-state index contributed by atoms with van der Waals surface area (Å²) < 4.78 is 27.5. The Kier molecular flexibility index (Phi) is 4.07. The van der Waals surface area contributed by atoms with Crippen LogP contribution in [-0.4, -0.2) is 36.0 Å². The maximum absolute atomic E-state index is 12.9. The number of aryl methyl sites for hydroxylation is 1. The second-order valence-corrected chi connectivity index (χ2v) is 8.16. The van der Waals surface area contributed by atoms with E-state index in [1.807, 2.05) is 0 Å². The molecule has 0 radical (unpaired) electrons. The molecule has 2 unspecified atom stereocenters. The minimum atomic E-state index is -3.48. The molecule has 118 valence electrons. The highest BCUT2D eigenvalue weighted by molar-refractivity contribution is 7.89. The van der Waals surface area contributed by atoms with Crippen molar-refractivity contribution in [2.24, 2.45) is 17.6 Å². The van der Waals surface area contributed by atoms with Crippen molar-refractivity contribution in [3.8, 4) is 0 Å². The first-order valence-corrected chi connectivity index (χ1v) is 9.22. The number of rotatable bonds is 3. The standard InChI is InChI=1S/C14H24N4O2S/c1-10-14(13(8-15)17-16-10)21(19,20)18-7-6-11-4-2-3-5-12(11)9-18/h11-12H,2-9,15H2,1H3,(H,16,17). The number of aromatic amines is 1. The van der Waals surface area contributed by atoms with E-state index in [0.29, 0.717) is 41.2 Å². The predicted molar refractivity (Wildman–Crippen MR) is 80.0 cm³/mol. The highest BCUT2D eigenvalue weighted by Crippen LogP contribution is 2.38. The van der Waals surface area contributed by atoms with Gasteiger partial charge in [-0.05, 0) is 31.6 Å². The van der Waals surface area contributed by atoms with Gasteiger partial charge in [-0.2, -0.15) is 9.40 Å². The fraction of sp³-hybridized carbons (Fsp3) is 0.786. The van der Waals surface area contributed by atoms with Gasteiger partial charge >= 0.3 is 0 Å². The van der Waals surface area contributed by atoms with Gasteiger partial charge in [0.2, 0.25) is 10.0 Å². The number of piperidine rings is 1. The molecule has 21 heavy (non-hydrogen) atoms. The summed E-state index contributed by atoms with van der Waals surface area (Å²) in [6, 6.07) is 0. The van der Waals surface area contributed by atoms with E-state index in [9.17, 15) is 8.42 Å². The molecule has 6 nitrogen and oxygen atoms in total. The summed E-state index contributed by atoms with van der Waals surface area (Å²) in [6.07, 6.45) is 5.93. The van der Waals surface area contributed by atoms with Crippen LogP contribution in [0, 0.1) is 18.8 Å². The molecule has 2 fully saturated rings. The molecular formula is C14H24N4O2S. The zero-order chi connectivity index (χ0) is 15.0. The molecule has 7 heteroatoms. The molecule has 0 aromatic carbocycles. The molecule has 1 saturated carbocycles. The summed E-state index contributed by atoms with van der Waals surface area (Å²) in [5, 5.41) is 6.77. The van der Waals surface area contributed by atoms with Gasteiger partial charge in [-0.1, -0.05) is 19.3 Å². The number of hydrogen-bond donors (Lipinski definition) is 2. The van der Waals surface area contributed by atoms with E-state index in [4.69, 9.17) is 5.73 Å². The number of nitrogens with two attached hydrogens (primary N) is 1. The lowest BCUT2D eigenvalue weighted by molar-refractivity contribution is 0.136. The van der Waals surface area contributed by atoms with Crippen LogP contribution in [0.1, 0.15) is 43.5 Å². The number of hydrogen-bond acceptors (Lipinski definition) is 4. The summed E-state index contributed by atoms with van der Waals surface area (Å²) >= 11 is 0. The van der Waals surface area contributed by atoms with E-state index < -0.39 is 10.0 Å². The number of fused-ring (bicyclic) bond motifs is 1. The van der Waals surface area contributed by atoms with E-state index in [1.54, 1.807) is 11.2 Å². The molecule has 2 heterocycles. The Bertz CT molecular complexity index is 610. The van der Waals surface area contributed by atoms with Crippen LogP contribution in [0.3, 0.4) is 0 Å². The van der Waals surface area contributed by atoms with Crippen LogP contribution in [-0.2, 0) is 16.6 Å². The lowest BCUT2D eigenvalue weighted by atomic mass is 9.76. The van der Waals surface area contributed by atoms with Crippen molar-refractivity contribution in [3.05, 3.63) is 11.4 Å². The van der Waals surface area contributed by atoms with E-state index in [-0.39, 0.29) is 6.54 Å². The summed E-state index contributed by atoms with van der Waals surface area (Å²) in [7, 11) is -3.48. The van der Waals surface area contributed by atoms with Crippen LogP contribution in [0.4, 0.5) is 0 Å². The maximum atomic E-state index is 12.9. The van der Waals surface area contributed by atoms with Gasteiger partial charge < -0.3 is 5.73 Å². The Hall–Kier alpha value is -0.920.